The molecule has 0 saturated heterocycles. The second-order valence-electron chi connectivity index (χ2n) is 4.18. The minimum absolute atomic E-state index is 0.314. The summed E-state index contributed by atoms with van der Waals surface area (Å²) in [7, 11) is 1.51. The van der Waals surface area contributed by atoms with Crippen LogP contribution < -0.4 is 9.47 Å². The van der Waals surface area contributed by atoms with Gasteiger partial charge in [-0.1, -0.05) is 13.8 Å². The van der Waals surface area contributed by atoms with Crippen molar-refractivity contribution in [3.8, 4) is 11.5 Å². The molecule has 0 N–H and O–H groups in total. The van der Waals surface area contributed by atoms with Crippen LogP contribution >= 0.6 is 0 Å². The standard InChI is InChI=1S/C13H19FO2/c1-10(2)5-4-8-16-12-7-6-11(14)9-13(12)15-3/h6-7,9-10H,4-5,8H2,1-3H3. The first kappa shape index (κ1) is 12.8. The number of hydrogen-bond acceptors (Lipinski definition) is 2. The summed E-state index contributed by atoms with van der Waals surface area (Å²) < 4.78 is 23.5. The van der Waals surface area contributed by atoms with Gasteiger partial charge >= 0.3 is 0 Å². The summed E-state index contributed by atoms with van der Waals surface area (Å²) in [6.45, 7) is 5.00. The molecule has 0 unspecified atom stereocenters. The number of ether oxygens (including phenoxy) is 2. The van der Waals surface area contributed by atoms with Gasteiger partial charge in [0.1, 0.15) is 5.82 Å². The fourth-order valence-electron chi connectivity index (χ4n) is 1.43. The van der Waals surface area contributed by atoms with Crippen LogP contribution in [0.5, 0.6) is 11.5 Å². The summed E-state index contributed by atoms with van der Waals surface area (Å²) in [4.78, 5) is 0. The summed E-state index contributed by atoms with van der Waals surface area (Å²) in [5, 5.41) is 0. The Hall–Kier alpha value is -1.25. The third kappa shape index (κ3) is 4.09. The van der Waals surface area contributed by atoms with E-state index in [1.165, 1.54) is 19.2 Å². The highest BCUT2D eigenvalue weighted by Crippen LogP contribution is 2.27. The zero-order valence-corrected chi connectivity index (χ0v) is 10.1. The van der Waals surface area contributed by atoms with Crippen LogP contribution in [0.4, 0.5) is 4.39 Å². The quantitative estimate of drug-likeness (QED) is 0.689. The van der Waals surface area contributed by atoms with Gasteiger partial charge in [-0.2, -0.15) is 0 Å². The predicted molar refractivity (Wildman–Crippen MR) is 62.5 cm³/mol. The molecule has 0 aliphatic heterocycles. The molecule has 3 heteroatoms. The van der Waals surface area contributed by atoms with E-state index in [4.69, 9.17) is 9.47 Å². The van der Waals surface area contributed by atoms with Crippen LogP contribution in [0.2, 0.25) is 0 Å². The highest BCUT2D eigenvalue weighted by Gasteiger charge is 2.05. The van der Waals surface area contributed by atoms with Gasteiger partial charge in [0.05, 0.1) is 13.7 Å². The Morgan fingerprint density at radius 1 is 1.25 bits per heavy atom. The Kier molecular flexibility index (Phi) is 5.09. The molecule has 0 saturated carbocycles. The molecule has 90 valence electrons. The highest BCUT2D eigenvalue weighted by atomic mass is 19.1. The lowest BCUT2D eigenvalue weighted by Crippen LogP contribution is -2.01. The number of benzene rings is 1. The molecule has 0 amide bonds. The van der Waals surface area contributed by atoms with Crippen molar-refractivity contribution in [2.75, 3.05) is 13.7 Å². The molecule has 16 heavy (non-hydrogen) atoms. The summed E-state index contributed by atoms with van der Waals surface area (Å²) >= 11 is 0. The summed E-state index contributed by atoms with van der Waals surface area (Å²) in [5.41, 5.74) is 0. The van der Waals surface area contributed by atoms with Gasteiger partial charge < -0.3 is 9.47 Å². The Morgan fingerprint density at radius 3 is 2.62 bits per heavy atom. The van der Waals surface area contributed by atoms with Gasteiger partial charge in [0.15, 0.2) is 11.5 Å². The van der Waals surface area contributed by atoms with Gasteiger partial charge in [0.25, 0.3) is 0 Å². The van der Waals surface area contributed by atoms with Gasteiger partial charge in [0, 0.05) is 6.07 Å². The highest BCUT2D eigenvalue weighted by molar-refractivity contribution is 5.39. The summed E-state index contributed by atoms with van der Waals surface area (Å²) in [5.74, 6) is 1.42. The molecule has 0 fully saturated rings. The molecular formula is C13H19FO2. The van der Waals surface area contributed by atoms with Gasteiger partial charge in [-0.05, 0) is 30.9 Å². The molecule has 0 spiro atoms. The smallest absolute Gasteiger partial charge is 0.163 e. The van der Waals surface area contributed by atoms with Crippen molar-refractivity contribution < 1.29 is 13.9 Å². The second-order valence-corrected chi connectivity index (χ2v) is 4.18. The Bertz CT molecular complexity index is 324. The van der Waals surface area contributed by atoms with Crippen LogP contribution in [0.15, 0.2) is 18.2 Å². The van der Waals surface area contributed by atoms with E-state index >= 15 is 0 Å². The Balaban J connectivity index is 2.47. The molecule has 1 rings (SSSR count). The van der Waals surface area contributed by atoms with Crippen LogP contribution in [-0.4, -0.2) is 13.7 Å². The fraction of sp³-hybridized carbons (Fsp3) is 0.538. The zero-order valence-electron chi connectivity index (χ0n) is 10.1. The van der Waals surface area contributed by atoms with Crippen molar-refractivity contribution in [3.05, 3.63) is 24.0 Å². The van der Waals surface area contributed by atoms with E-state index in [9.17, 15) is 4.39 Å². The average molecular weight is 226 g/mol. The number of methoxy groups -OCH3 is 1. The van der Waals surface area contributed by atoms with E-state index in [0.29, 0.717) is 24.0 Å². The van der Waals surface area contributed by atoms with E-state index in [0.717, 1.165) is 12.8 Å². The number of rotatable bonds is 6. The van der Waals surface area contributed by atoms with Crippen molar-refractivity contribution in [3.63, 3.8) is 0 Å². The van der Waals surface area contributed by atoms with E-state index in [1.807, 2.05) is 0 Å². The molecule has 0 aliphatic rings. The molecule has 1 aromatic rings. The Labute approximate surface area is 96.4 Å². The normalized spacial score (nSPS) is 10.6. The van der Waals surface area contributed by atoms with Crippen molar-refractivity contribution >= 4 is 0 Å². The van der Waals surface area contributed by atoms with Gasteiger partial charge in [-0.25, -0.2) is 4.39 Å². The topological polar surface area (TPSA) is 18.5 Å². The summed E-state index contributed by atoms with van der Waals surface area (Å²) in [6, 6.07) is 4.31. The zero-order chi connectivity index (χ0) is 12.0. The van der Waals surface area contributed by atoms with Gasteiger partial charge in [-0.3, -0.25) is 0 Å². The van der Waals surface area contributed by atoms with Crippen LogP contribution in [0.1, 0.15) is 26.7 Å². The largest absolute Gasteiger partial charge is 0.493 e. The second kappa shape index (κ2) is 6.36. The molecular weight excluding hydrogens is 207 g/mol. The monoisotopic (exact) mass is 226 g/mol. The lowest BCUT2D eigenvalue weighted by atomic mass is 10.1. The molecule has 0 heterocycles. The van der Waals surface area contributed by atoms with Crippen LogP contribution in [-0.2, 0) is 0 Å². The molecule has 0 atom stereocenters. The summed E-state index contributed by atoms with van der Waals surface area (Å²) in [6.07, 6.45) is 2.13. The third-order valence-corrected chi connectivity index (χ3v) is 2.31. The Morgan fingerprint density at radius 2 is 2.00 bits per heavy atom. The predicted octanol–water partition coefficient (Wildman–Crippen LogP) is 3.65. The van der Waals surface area contributed by atoms with Crippen molar-refractivity contribution in [2.24, 2.45) is 5.92 Å². The maximum Gasteiger partial charge on any atom is 0.163 e. The van der Waals surface area contributed by atoms with Crippen molar-refractivity contribution in [1.82, 2.24) is 0 Å². The lowest BCUT2D eigenvalue weighted by molar-refractivity contribution is 0.279. The third-order valence-electron chi connectivity index (χ3n) is 2.31. The van der Waals surface area contributed by atoms with Gasteiger partial charge in [-0.15, -0.1) is 0 Å². The maximum absolute atomic E-state index is 12.9. The molecule has 0 radical (unpaired) electrons. The molecule has 0 bridgehead atoms. The SMILES string of the molecule is COc1cc(F)ccc1OCCCC(C)C. The maximum atomic E-state index is 12.9. The van der Waals surface area contributed by atoms with E-state index in [2.05, 4.69) is 13.8 Å². The lowest BCUT2D eigenvalue weighted by Gasteiger charge is -2.11. The first-order valence-corrected chi connectivity index (χ1v) is 5.60. The minimum Gasteiger partial charge on any atom is -0.493 e. The minimum atomic E-state index is -0.314. The van der Waals surface area contributed by atoms with E-state index in [-0.39, 0.29) is 5.82 Å². The van der Waals surface area contributed by atoms with Crippen LogP contribution in [0, 0.1) is 11.7 Å². The fourth-order valence-corrected chi connectivity index (χ4v) is 1.43. The molecule has 2 nitrogen and oxygen atoms in total. The first-order valence-electron chi connectivity index (χ1n) is 5.60. The first-order chi connectivity index (χ1) is 7.63. The number of halogens is 1. The van der Waals surface area contributed by atoms with E-state index < -0.39 is 0 Å². The molecule has 0 aliphatic carbocycles. The van der Waals surface area contributed by atoms with Crippen molar-refractivity contribution in [2.45, 2.75) is 26.7 Å². The van der Waals surface area contributed by atoms with Crippen LogP contribution in [0.3, 0.4) is 0 Å². The van der Waals surface area contributed by atoms with E-state index in [1.54, 1.807) is 6.07 Å². The van der Waals surface area contributed by atoms with Crippen LogP contribution in [0.25, 0.3) is 0 Å². The van der Waals surface area contributed by atoms with Crippen molar-refractivity contribution in [1.29, 1.82) is 0 Å². The number of hydrogen-bond donors (Lipinski definition) is 0. The van der Waals surface area contributed by atoms with Gasteiger partial charge in [0.2, 0.25) is 0 Å². The average Bonchev–Trinajstić information content (AvgIpc) is 2.25. The molecule has 0 aromatic heterocycles. The molecule has 1 aromatic carbocycles.